The third kappa shape index (κ3) is 2.04. The van der Waals surface area contributed by atoms with Crippen molar-refractivity contribution in [1.29, 1.82) is 0 Å². The molecule has 2 atom stereocenters. The molecule has 3 nitrogen and oxygen atoms in total. The summed E-state index contributed by atoms with van der Waals surface area (Å²) in [6.07, 6.45) is 8.50. The lowest BCUT2D eigenvalue weighted by Gasteiger charge is -2.32. The van der Waals surface area contributed by atoms with E-state index in [9.17, 15) is 0 Å². The zero-order chi connectivity index (χ0) is 11.0. The Labute approximate surface area is 98.1 Å². The van der Waals surface area contributed by atoms with E-state index in [0.29, 0.717) is 0 Å². The zero-order valence-electron chi connectivity index (χ0n) is 10.1. The number of likely N-dealkylation sites (tertiary alicyclic amines) is 1. The second-order valence-corrected chi connectivity index (χ2v) is 5.73. The van der Waals surface area contributed by atoms with E-state index in [-0.39, 0.29) is 0 Å². The van der Waals surface area contributed by atoms with Crippen molar-refractivity contribution in [3.05, 3.63) is 0 Å². The van der Waals surface area contributed by atoms with Crippen molar-refractivity contribution in [2.24, 2.45) is 28.5 Å². The number of aliphatic imine (C=N–C) groups is 1. The molecule has 1 aliphatic heterocycles. The predicted molar refractivity (Wildman–Crippen MR) is 66.2 cm³/mol. The number of guanidine groups is 1. The van der Waals surface area contributed by atoms with Gasteiger partial charge in [-0.1, -0.05) is 6.42 Å². The summed E-state index contributed by atoms with van der Waals surface area (Å²) >= 11 is 0. The van der Waals surface area contributed by atoms with E-state index in [4.69, 9.17) is 5.73 Å². The van der Waals surface area contributed by atoms with E-state index in [2.05, 4.69) is 9.89 Å². The molecule has 3 heteroatoms. The average Bonchev–Trinajstić information content (AvgIpc) is 2.92. The number of rotatable bonds is 3. The summed E-state index contributed by atoms with van der Waals surface area (Å²) in [4.78, 5) is 6.80. The first kappa shape index (κ1) is 10.4. The fourth-order valence-corrected chi connectivity index (χ4v) is 3.29. The molecule has 3 rings (SSSR count). The summed E-state index contributed by atoms with van der Waals surface area (Å²) in [5.74, 6) is 3.67. The first-order valence-corrected chi connectivity index (χ1v) is 6.89. The monoisotopic (exact) mass is 221 g/mol. The zero-order valence-corrected chi connectivity index (χ0v) is 10.1. The van der Waals surface area contributed by atoms with Gasteiger partial charge in [0.1, 0.15) is 0 Å². The van der Waals surface area contributed by atoms with Crippen molar-refractivity contribution in [3.63, 3.8) is 0 Å². The van der Waals surface area contributed by atoms with Crippen LogP contribution in [0.3, 0.4) is 0 Å². The molecule has 0 amide bonds. The summed E-state index contributed by atoms with van der Waals surface area (Å²) in [7, 11) is 0. The van der Waals surface area contributed by atoms with Gasteiger partial charge in [-0.2, -0.15) is 0 Å². The minimum absolute atomic E-state index is 0.799. The molecule has 2 unspecified atom stereocenters. The van der Waals surface area contributed by atoms with Crippen molar-refractivity contribution >= 4 is 5.96 Å². The molecule has 2 aliphatic carbocycles. The molecular weight excluding hydrogens is 198 g/mol. The molecule has 1 saturated heterocycles. The lowest BCUT2D eigenvalue weighted by atomic mass is 9.91. The van der Waals surface area contributed by atoms with Crippen LogP contribution in [0, 0.1) is 17.8 Å². The van der Waals surface area contributed by atoms with Crippen LogP contribution < -0.4 is 5.73 Å². The fraction of sp³-hybridized carbons (Fsp3) is 0.923. The van der Waals surface area contributed by atoms with Gasteiger partial charge in [0.15, 0.2) is 5.96 Å². The van der Waals surface area contributed by atoms with E-state index < -0.39 is 0 Å². The lowest BCUT2D eigenvalue weighted by molar-refractivity contribution is 0.292. The predicted octanol–water partition coefficient (Wildman–Crippen LogP) is 1.83. The minimum Gasteiger partial charge on any atom is -0.370 e. The second kappa shape index (κ2) is 4.27. The molecule has 0 bridgehead atoms. The summed E-state index contributed by atoms with van der Waals surface area (Å²) in [5.41, 5.74) is 5.97. The molecule has 2 N–H and O–H groups in total. The number of nitrogens with zero attached hydrogens (tertiary/aromatic N) is 2. The van der Waals surface area contributed by atoms with Crippen molar-refractivity contribution in [1.82, 2.24) is 4.90 Å². The molecule has 16 heavy (non-hydrogen) atoms. The molecule has 3 aliphatic rings. The SMILES string of the molecule is NC(=NCC1CCCC1C1CC1)N1CCC1. The van der Waals surface area contributed by atoms with Crippen LogP contribution in [-0.4, -0.2) is 30.5 Å². The van der Waals surface area contributed by atoms with E-state index in [1.807, 2.05) is 0 Å². The van der Waals surface area contributed by atoms with Crippen LogP contribution in [0.5, 0.6) is 0 Å². The topological polar surface area (TPSA) is 41.6 Å². The highest BCUT2D eigenvalue weighted by molar-refractivity contribution is 5.78. The van der Waals surface area contributed by atoms with Crippen molar-refractivity contribution in [3.8, 4) is 0 Å². The van der Waals surface area contributed by atoms with Crippen molar-refractivity contribution < 1.29 is 0 Å². The fourth-order valence-electron chi connectivity index (χ4n) is 3.29. The Hall–Kier alpha value is -0.730. The molecular formula is C13H23N3. The summed E-state index contributed by atoms with van der Waals surface area (Å²) in [6.45, 7) is 3.22. The minimum atomic E-state index is 0.799. The van der Waals surface area contributed by atoms with Gasteiger partial charge in [-0.3, -0.25) is 4.99 Å². The molecule has 0 aromatic rings. The van der Waals surface area contributed by atoms with Crippen LogP contribution in [-0.2, 0) is 0 Å². The Morgan fingerprint density at radius 1 is 1.12 bits per heavy atom. The number of hydrogen-bond acceptors (Lipinski definition) is 1. The van der Waals surface area contributed by atoms with Gasteiger partial charge in [-0.05, 0) is 49.9 Å². The highest BCUT2D eigenvalue weighted by atomic mass is 15.3. The lowest BCUT2D eigenvalue weighted by Crippen LogP contribution is -2.46. The summed E-state index contributed by atoms with van der Waals surface area (Å²) in [6, 6.07) is 0. The second-order valence-electron chi connectivity index (χ2n) is 5.73. The third-order valence-electron chi connectivity index (χ3n) is 4.61. The van der Waals surface area contributed by atoms with Crippen LogP contribution in [0.25, 0.3) is 0 Å². The summed E-state index contributed by atoms with van der Waals surface area (Å²) < 4.78 is 0. The van der Waals surface area contributed by atoms with E-state index >= 15 is 0 Å². The maximum Gasteiger partial charge on any atom is 0.191 e. The highest BCUT2D eigenvalue weighted by Gasteiger charge is 2.38. The number of nitrogens with two attached hydrogens (primary N) is 1. The van der Waals surface area contributed by atoms with Gasteiger partial charge in [0, 0.05) is 19.6 Å². The molecule has 90 valence electrons. The quantitative estimate of drug-likeness (QED) is 0.583. The van der Waals surface area contributed by atoms with Crippen LogP contribution in [0.1, 0.15) is 38.5 Å². The van der Waals surface area contributed by atoms with Gasteiger partial charge >= 0.3 is 0 Å². The van der Waals surface area contributed by atoms with Gasteiger partial charge in [-0.25, -0.2) is 0 Å². The number of hydrogen-bond donors (Lipinski definition) is 1. The Morgan fingerprint density at radius 3 is 2.56 bits per heavy atom. The smallest absolute Gasteiger partial charge is 0.191 e. The molecule has 2 saturated carbocycles. The van der Waals surface area contributed by atoms with E-state index in [1.54, 1.807) is 0 Å². The summed E-state index contributed by atoms with van der Waals surface area (Å²) in [5, 5.41) is 0. The molecule has 0 aromatic carbocycles. The van der Waals surface area contributed by atoms with E-state index in [1.165, 1.54) is 38.5 Å². The highest BCUT2D eigenvalue weighted by Crippen LogP contribution is 2.48. The molecule has 0 radical (unpaired) electrons. The van der Waals surface area contributed by atoms with Crippen LogP contribution in [0.4, 0.5) is 0 Å². The van der Waals surface area contributed by atoms with Gasteiger partial charge in [0.25, 0.3) is 0 Å². The Balaban J connectivity index is 1.52. The first-order chi connectivity index (χ1) is 7.84. The van der Waals surface area contributed by atoms with Crippen LogP contribution >= 0.6 is 0 Å². The third-order valence-corrected chi connectivity index (χ3v) is 4.61. The van der Waals surface area contributed by atoms with Crippen molar-refractivity contribution in [2.45, 2.75) is 38.5 Å². The van der Waals surface area contributed by atoms with Crippen molar-refractivity contribution in [2.75, 3.05) is 19.6 Å². The standard InChI is InChI=1S/C13H23N3/c14-13(16-7-2-8-16)15-9-11-3-1-4-12(11)10-5-6-10/h10-12H,1-9H2,(H2,14,15). The van der Waals surface area contributed by atoms with Gasteiger partial charge in [0.2, 0.25) is 0 Å². The Bertz CT molecular complexity index is 279. The Morgan fingerprint density at radius 2 is 1.94 bits per heavy atom. The first-order valence-electron chi connectivity index (χ1n) is 6.89. The molecule has 3 fully saturated rings. The van der Waals surface area contributed by atoms with Gasteiger partial charge in [-0.15, -0.1) is 0 Å². The maximum atomic E-state index is 5.97. The molecule has 0 aromatic heterocycles. The molecule has 0 spiro atoms. The van der Waals surface area contributed by atoms with E-state index in [0.717, 1.165) is 43.3 Å². The normalized spacial score (nSPS) is 35.2. The molecule has 1 heterocycles. The van der Waals surface area contributed by atoms with Crippen LogP contribution in [0.2, 0.25) is 0 Å². The largest absolute Gasteiger partial charge is 0.370 e. The average molecular weight is 221 g/mol. The maximum absolute atomic E-state index is 5.97. The Kier molecular flexibility index (Phi) is 2.78. The van der Waals surface area contributed by atoms with Gasteiger partial charge in [0.05, 0.1) is 0 Å². The van der Waals surface area contributed by atoms with Crippen LogP contribution in [0.15, 0.2) is 4.99 Å². The van der Waals surface area contributed by atoms with Gasteiger partial charge < -0.3 is 10.6 Å².